The van der Waals surface area contributed by atoms with Gasteiger partial charge in [-0.15, -0.1) is 11.3 Å². The summed E-state index contributed by atoms with van der Waals surface area (Å²) in [6.07, 6.45) is 1.73. The van der Waals surface area contributed by atoms with Gasteiger partial charge in [0.1, 0.15) is 5.82 Å². The standard InChI is InChI=1S/C12H13FN2S2/c1-2-14-8-9-3-4-11(10(13)7-9)17-12-15-5-6-16-12/h3-7,14H,2,8H2,1H3. The summed E-state index contributed by atoms with van der Waals surface area (Å²) in [5, 5.41) is 5.06. The molecule has 0 saturated carbocycles. The molecule has 0 radical (unpaired) electrons. The predicted molar refractivity (Wildman–Crippen MR) is 70.0 cm³/mol. The Bertz CT molecular complexity index is 471. The van der Waals surface area contributed by atoms with E-state index in [1.54, 1.807) is 12.3 Å². The molecule has 1 aromatic heterocycles. The molecule has 1 heterocycles. The zero-order valence-electron chi connectivity index (χ0n) is 9.44. The van der Waals surface area contributed by atoms with Crippen LogP contribution in [0.2, 0.25) is 0 Å². The Labute approximate surface area is 108 Å². The predicted octanol–water partition coefficient (Wildman–Crippen LogP) is 3.54. The van der Waals surface area contributed by atoms with Gasteiger partial charge >= 0.3 is 0 Å². The van der Waals surface area contributed by atoms with Crippen LogP contribution in [-0.2, 0) is 6.54 Å². The van der Waals surface area contributed by atoms with E-state index < -0.39 is 0 Å². The molecule has 0 saturated heterocycles. The van der Waals surface area contributed by atoms with E-state index in [0.717, 1.165) is 16.4 Å². The van der Waals surface area contributed by atoms with E-state index in [9.17, 15) is 4.39 Å². The highest BCUT2D eigenvalue weighted by Crippen LogP contribution is 2.31. The zero-order valence-corrected chi connectivity index (χ0v) is 11.1. The summed E-state index contributed by atoms with van der Waals surface area (Å²) < 4.78 is 14.7. The normalized spacial score (nSPS) is 10.7. The van der Waals surface area contributed by atoms with Crippen molar-refractivity contribution < 1.29 is 4.39 Å². The molecule has 0 aliphatic rings. The van der Waals surface area contributed by atoms with E-state index in [-0.39, 0.29) is 5.82 Å². The van der Waals surface area contributed by atoms with Crippen molar-refractivity contribution in [1.82, 2.24) is 10.3 Å². The summed E-state index contributed by atoms with van der Waals surface area (Å²) in [6.45, 7) is 3.62. The number of hydrogen-bond acceptors (Lipinski definition) is 4. The molecule has 1 aromatic carbocycles. The number of hydrogen-bond donors (Lipinski definition) is 1. The van der Waals surface area contributed by atoms with Gasteiger partial charge in [0, 0.05) is 18.1 Å². The average molecular weight is 268 g/mol. The van der Waals surface area contributed by atoms with Gasteiger partial charge < -0.3 is 5.32 Å². The van der Waals surface area contributed by atoms with Crippen LogP contribution in [0.4, 0.5) is 4.39 Å². The largest absolute Gasteiger partial charge is 0.313 e. The Morgan fingerprint density at radius 2 is 2.35 bits per heavy atom. The second-order valence-corrected chi connectivity index (χ2v) is 5.63. The maximum atomic E-state index is 13.8. The SMILES string of the molecule is CCNCc1ccc(Sc2nccs2)c(F)c1. The molecule has 90 valence electrons. The van der Waals surface area contributed by atoms with Crippen LogP contribution in [0.15, 0.2) is 39.0 Å². The van der Waals surface area contributed by atoms with Crippen LogP contribution >= 0.6 is 23.1 Å². The molecule has 0 amide bonds. The second-order valence-electron chi connectivity index (χ2n) is 3.45. The van der Waals surface area contributed by atoms with Crippen LogP contribution in [0.25, 0.3) is 0 Å². The number of nitrogens with one attached hydrogen (secondary N) is 1. The number of halogens is 1. The minimum atomic E-state index is -0.180. The zero-order chi connectivity index (χ0) is 12.1. The second kappa shape index (κ2) is 6.14. The highest BCUT2D eigenvalue weighted by molar-refractivity contribution is 8.01. The summed E-state index contributed by atoms with van der Waals surface area (Å²) in [5.41, 5.74) is 0.966. The number of nitrogens with zero attached hydrogens (tertiary/aromatic N) is 1. The first-order valence-electron chi connectivity index (χ1n) is 5.36. The minimum Gasteiger partial charge on any atom is -0.313 e. The lowest BCUT2D eigenvalue weighted by atomic mass is 10.2. The molecule has 5 heteroatoms. The number of rotatable bonds is 5. The third kappa shape index (κ3) is 3.52. The van der Waals surface area contributed by atoms with Gasteiger partial charge in [-0.25, -0.2) is 9.37 Å². The summed E-state index contributed by atoms with van der Waals surface area (Å²) in [4.78, 5) is 4.75. The monoisotopic (exact) mass is 268 g/mol. The van der Waals surface area contributed by atoms with Crippen molar-refractivity contribution in [1.29, 1.82) is 0 Å². The fourth-order valence-corrected chi connectivity index (χ4v) is 2.94. The highest BCUT2D eigenvalue weighted by Gasteiger charge is 2.06. The molecule has 0 atom stereocenters. The van der Waals surface area contributed by atoms with Crippen molar-refractivity contribution in [2.45, 2.75) is 22.7 Å². The van der Waals surface area contributed by atoms with Crippen LogP contribution in [-0.4, -0.2) is 11.5 Å². The van der Waals surface area contributed by atoms with Crippen molar-refractivity contribution >= 4 is 23.1 Å². The maximum Gasteiger partial charge on any atom is 0.154 e. The van der Waals surface area contributed by atoms with Crippen LogP contribution < -0.4 is 5.32 Å². The molecular formula is C12H13FN2S2. The van der Waals surface area contributed by atoms with E-state index in [4.69, 9.17) is 0 Å². The lowest BCUT2D eigenvalue weighted by Crippen LogP contribution is -2.11. The lowest BCUT2D eigenvalue weighted by molar-refractivity contribution is 0.596. The van der Waals surface area contributed by atoms with Gasteiger partial charge in [-0.05, 0) is 24.2 Å². The third-order valence-electron chi connectivity index (χ3n) is 2.18. The Kier molecular flexibility index (Phi) is 4.53. The number of thiazole rings is 1. The molecule has 0 fully saturated rings. The van der Waals surface area contributed by atoms with E-state index >= 15 is 0 Å². The van der Waals surface area contributed by atoms with Crippen LogP contribution in [0.3, 0.4) is 0 Å². The first-order valence-corrected chi connectivity index (χ1v) is 7.05. The van der Waals surface area contributed by atoms with Gasteiger partial charge in [-0.3, -0.25) is 0 Å². The molecule has 2 aromatic rings. The van der Waals surface area contributed by atoms with Gasteiger partial charge in [0.15, 0.2) is 4.34 Å². The maximum absolute atomic E-state index is 13.8. The average Bonchev–Trinajstić information content (AvgIpc) is 2.82. The minimum absolute atomic E-state index is 0.180. The van der Waals surface area contributed by atoms with Crippen LogP contribution in [0.5, 0.6) is 0 Å². The van der Waals surface area contributed by atoms with Crippen molar-refractivity contribution in [3.05, 3.63) is 41.2 Å². The topological polar surface area (TPSA) is 24.9 Å². The molecule has 2 rings (SSSR count). The first kappa shape index (κ1) is 12.5. The molecule has 17 heavy (non-hydrogen) atoms. The van der Waals surface area contributed by atoms with Crippen molar-refractivity contribution in [3.8, 4) is 0 Å². The first-order chi connectivity index (χ1) is 8.29. The number of aromatic nitrogens is 1. The molecular weight excluding hydrogens is 255 g/mol. The van der Waals surface area contributed by atoms with Gasteiger partial charge in [-0.2, -0.15) is 0 Å². The molecule has 0 aliphatic carbocycles. The Hall–Kier alpha value is -0.910. The Morgan fingerprint density at radius 1 is 1.47 bits per heavy atom. The summed E-state index contributed by atoms with van der Waals surface area (Å²) in [5.74, 6) is -0.180. The fourth-order valence-electron chi connectivity index (χ4n) is 1.36. The van der Waals surface area contributed by atoms with E-state index in [1.165, 1.54) is 23.1 Å². The number of benzene rings is 1. The molecule has 0 bridgehead atoms. The van der Waals surface area contributed by atoms with Crippen molar-refractivity contribution in [3.63, 3.8) is 0 Å². The molecule has 2 nitrogen and oxygen atoms in total. The lowest BCUT2D eigenvalue weighted by Gasteiger charge is -2.05. The van der Waals surface area contributed by atoms with E-state index in [0.29, 0.717) is 11.4 Å². The smallest absolute Gasteiger partial charge is 0.154 e. The summed E-state index contributed by atoms with van der Waals surface area (Å²) in [7, 11) is 0. The Morgan fingerprint density at radius 3 is 3.00 bits per heavy atom. The van der Waals surface area contributed by atoms with Gasteiger partial charge in [0.2, 0.25) is 0 Å². The summed E-state index contributed by atoms with van der Waals surface area (Å²) >= 11 is 2.88. The molecule has 0 spiro atoms. The summed E-state index contributed by atoms with van der Waals surface area (Å²) in [6, 6.07) is 5.34. The van der Waals surface area contributed by atoms with Crippen LogP contribution in [0, 0.1) is 5.82 Å². The van der Waals surface area contributed by atoms with Gasteiger partial charge in [0.05, 0.1) is 4.90 Å². The van der Waals surface area contributed by atoms with Crippen LogP contribution in [0.1, 0.15) is 12.5 Å². The van der Waals surface area contributed by atoms with Crippen molar-refractivity contribution in [2.24, 2.45) is 0 Å². The van der Waals surface area contributed by atoms with Gasteiger partial charge in [-0.1, -0.05) is 24.8 Å². The molecule has 0 aliphatic heterocycles. The van der Waals surface area contributed by atoms with Gasteiger partial charge in [0.25, 0.3) is 0 Å². The van der Waals surface area contributed by atoms with E-state index in [2.05, 4.69) is 10.3 Å². The molecule has 1 N–H and O–H groups in total. The fraction of sp³-hybridized carbons (Fsp3) is 0.250. The highest BCUT2D eigenvalue weighted by atomic mass is 32.2. The quantitative estimate of drug-likeness (QED) is 0.897. The third-order valence-corrected chi connectivity index (χ3v) is 4.12. The van der Waals surface area contributed by atoms with E-state index in [1.807, 2.05) is 24.4 Å². The van der Waals surface area contributed by atoms with Crippen molar-refractivity contribution in [2.75, 3.05) is 6.54 Å². The molecule has 0 unspecified atom stereocenters. The Balaban J connectivity index is 2.09.